The third kappa shape index (κ3) is 3.61. The molecule has 0 aliphatic heterocycles. The van der Waals surface area contributed by atoms with Crippen LogP contribution in [0.5, 0.6) is 0 Å². The van der Waals surface area contributed by atoms with E-state index in [4.69, 9.17) is 11.6 Å². The van der Waals surface area contributed by atoms with Crippen LogP contribution in [0.15, 0.2) is 54.7 Å². The number of nitrogens with one attached hydrogen (secondary N) is 1. The summed E-state index contributed by atoms with van der Waals surface area (Å²) in [6, 6.07) is 13.3. The lowest BCUT2D eigenvalue weighted by molar-refractivity contribution is 0.0996. The first-order chi connectivity index (χ1) is 12.0. The SMILES string of the molecule is Cc1nn(C)cc1NC(=O)c1ccccc1C(=O)c1ccc(Cl)cc1. The van der Waals surface area contributed by atoms with Crippen molar-refractivity contribution in [3.05, 3.63) is 82.1 Å². The maximum atomic E-state index is 12.8. The van der Waals surface area contributed by atoms with Crippen molar-refractivity contribution in [2.75, 3.05) is 5.32 Å². The fraction of sp³-hybridized carbons (Fsp3) is 0.105. The minimum Gasteiger partial charge on any atom is -0.319 e. The summed E-state index contributed by atoms with van der Waals surface area (Å²) in [5, 5.41) is 7.55. The van der Waals surface area contributed by atoms with E-state index in [2.05, 4.69) is 10.4 Å². The molecule has 1 aromatic heterocycles. The largest absolute Gasteiger partial charge is 0.319 e. The van der Waals surface area contributed by atoms with Crippen LogP contribution in [0.1, 0.15) is 32.0 Å². The zero-order chi connectivity index (χ0) is 18.0. The second-order valence-electron chi connectivity index (χ2n) is 5.64. The highest BCUT2D eigenvalue weighted by molar-refractivity contribution is 6.30. The van der Waals surface area contributed by atoms with Gasteiger partial charge in [0.15, 0.2) is 5.78 Å². The Morgan fingerprint density at radius 2 is 1.68 bits per heavy atom. The molecule has 2 aromatic carbocycles. The van der Waals surface area contributed by atoms with Crippen molar-refractivity contribution < 1.29 is 9.59 Å². The number of carbonyl (C=O) groups is 2. The Bertz CT molecular complexity index is 946. The Kier molecular flexibility index (Phi) is 4.67. The first-order valence-electron chi connectivity index (χ1n) is 7.66. The zero-order valence-corrected chi connectivity index (χ0v) is 14.5. The number of nitrogens with zero attached hydrogens (tertiary/aromatic N) is 2. The van der Waals surface area contributed by atoms with Gasteiger partial charge in [0.05, 0.1) is 16.9 Å². The number of rotatable bonds is 4. The lowest BCUT2D eigenvalue weighted by atomic mass is 9.98. The fourth-order valence-corrected chi connectivity index (χ4v) is 2.67. The summed E-state index contributed by atoms with van der Waals surface area (Å²) in [6.45, 7) is 1.81. The maximum Gasteiger partial charge on any atom is 0.256 e. The molecule has 0 fully saturated rings. The predicted molar refractivity (Wildman–Crippen MR) is 97.2 cm³/mol. The van der Waals surface area contributed by atoms with Crippen LogP contribution in [0.4, 0.5) is 5.69 Å². The molecule has 5 nitrogen and oxygen atoms in total. The number of halogens is 1. The van der Waals surface area contributed by atoms with Crippen LogP contribution in [-0.2, 0) is 7.05 Å². The summed E-state index contributed by atoms with van der Waals surface area (Å²) in [4.78, 5) is 25.4. The van der Waals surface area contributed by atoms with Gasteiger partial charge in [0, 0.05) is 29.4 Å². The lowest BCUT2D eigenvalue weighted by Gasteiger charge is -2.09. The topological polar surface area (TPSA) is 64.0 Å². The smallest absolute Gasteiger partial charge is 0.256 e. The summed E-state index contributed by atoms with van der Waals surface area (Å²) in [6.07, 6.45) is 1.72. The van der Waals surface area contributed by atoms with Gasteiger partial charge in [0.25, 0.3) is 5.91 Å². The Hall–Kier alpha value is -2.92. The summed E-state index contributed by atoms with van der Waals surface area (Å²) in [7, 11) is 1.78. The van der Waals surface area contributed by atoms with Gasteiger partial charge in [-0.1, -0.05) is 29.8 Å². The third-order valence-corrected chi connectivity index (χ3v) is 4.04. The molecule has 25 heavy (non-hydrogen) atoms. The Balaban J connectivity index is 1.92. The molecule has 0 spiro atoms. The van der Waals surface area contributed by atoms with Crippen molar-refractivity contribution in [3.8, 4) is 0 Å². The Morgan fingerprint density at radius 1 is 1.04 bits per heavy atom. The first-order valence-corrected chi connectivity index (χ1v) is 8.04. The molecule has 0 bridgehead atoms. The predicted octanol–water partition coefficient (Wildman–Crippen LogP) is 3.87. The molecule has 0 saturated heterocycles. The van der Waals surface area contributed by atoms with Crippen LogP contribution in [0.25, 0.3) is 0 Å². The summed E-state index contributed by atoms with van der Waals surface area (Å²) in [5.41, 5.74) is 2.44. The number of aryl methyl sites for hydroxylation is 2. The zero-order valence-electron chi connectivity index (χ0n) is 13.8. The van der Waals surface area contributed by atoms with Gasteiger partial charge in [-0.05, 0) is 37.3 Å². The minimum atomic E-state index is -0.353. The maximum absolute atomic E-state index is 12.8. The number of anilines is 1. The van der Waals surface area contributed by atoms with Gasteiger partial charge in [0.1, 0.15) is 0 Å². The Labute approximate surface area is 150 Å². The van der Waals surface area contributed by atoms with Crippen molar-refractivity contribution >= 4 is 29.0 Å². The molecule has 0 unspecified atom stereocenters. The van der Waals surface area contributed by atoms with E-state index in [9.17, 15) is 9.59 Å². The highest BCUT2D eigenvalue weighted by atomic mass is 35.5. The number of amides is 1. The molecule has 0 aliphatic rings. The molecule has 0 radical (unpaired) electrons. The van der Waals surface area contributed by atoms with Gasteiger partial charge in [0.2, 0.25) is 0 Å². The van der Waals surface area contributed by atoms with Crippen LogP contribution in [0, 0.1) is 6.92 Å². The second kappa shape index (κ2) is 6.91. The molecular formula is C19H16ClN3O2. The average Bonchev–Trinajstić information content (AvgIpc) is 2.92. The second-order valence-corrected chi connectivity index (χ2v) is 6.07. The monoisotopic (exact) mass is 353 g/mol. The molecule has 1 heterocycles. The van der Waals surface area contributed by atoms with Gasteiger partial charge < -0.3 is 5.32 Å². The van der Waals surface area contributed by atoms with Crippen molar-refractivity contribution in [3.63, 3.8) is 0 Å². The number of hydrogen-bond acceptors (Lipinski definition) is 3. The Morgan fingerprint density at radius 3 is 2.28 bits per heavy atom. The lowest BCUT2D eigenvalue weighted by Crippen LogP contribution is -2.17. The number of ketones is 1. The van der Waals surface area contributed by atoms with Gasteiger partial charge in [-0.15, -0.1) is 0 Å². The van der Waals surface area contributed by atoms with Gasteiger partial charge >= 0.3 is 0 Å². The van der Waals surface area contributed by atoms with E-state index in [1.807, 2.05) is 0 Å². The summed E-state index contributed by atoms with van der Waals surface area (Å²) >= 11 is 5.87. The van der Waals surface area contributed by atoms with Crippen molar-refractivity contribution in [2.45, 2.75) is 6.92 Å². The minimum absolute atomic E-state index is 0.231. The van der Waals surface area contributed by atoms with Crippen LogP contribution in [0.3, 0.4) is 0 Å². The average molecular weight is 354 g/mol. The standard InChI is InChI=1S/C19H16ClN3O2/c1-12-17(11-23(2)22-12)21-19(25)16-6-4-3-5-15(16)18(24)13-7-9-14(20)10-8-13/h3-11H,1-2H3,(H,21,25). The van der Waals surface area contributed by atoms with Crippen LogP contribution in [0.2, 0.25) is 5.02 Å². The first kappa shape index (κ1) is 16.9. The molecule has 126 valence electrons. The van der Waals surface area contributed by atoms with Crippen LogP contribution < -0.4 is 5.32 Å². The van der Waals surface area contributed by atoms with Gasteiger partial charge in [-0.3, -0.25) is 14.3 Å². The highest BCUT2D eigenvalue weighted by Gasteiger charge is 2.19. The van der Waals surface area contributed by atoms with E-state index < -0.39 is 0 Å². The molecule has 6 heteroatoms. The number of hydrogen-bond donors (Lipinski definition) is 1. The van der Waals surface area contributed by atoms with Crippen molar-refractivity contribution in [1.82, 2.24) is 9.78 Å². The summed E-state index contributed by atoms with van der Waals surface area (Å²) < 4.78 is 1.62. The quantitative estimate of drug-likeness (QED) is 0.724. The number of benzene rings is 2. The van der Waals surface area contributed by atoms with E-state index in [0.717, 1.165) is 0 Å². The molecular weight excluding hydrogens is 338 g/mol. The number of aromatic nitrogens is 2. The molecule has 1 amide bonds. The van der Waals surface area contributed by atoms with E-state index in [0.29, 0.717) is 33.1 Å². The molecule has 1 N–H and O–H groups in total. The van der Waals surface area contributed by atoms with Gasteiger partial charge in [-0.2, -0.15) is 5.10 Å². The van der Waals surface area contributed by atoms with Crippen molar-refractivity contribution in [2.24, 2.45) is 7.05 Å². The van der Waals surface area contributed by atoms with Crippen molar-refractivity contribution in [1.29, 1.82) is 0 Å². The molecule has 0 aliphatic carbocycles. The molecule has 3 aromatic rings. The van der Waals surface area contributed by atoms with E-state index in [1.165, 1.54) is 0 Å². The summed E-state index contributed by atoms with van der Waals surface area (Å²) in [5.74, 6) is -0.584. The van der Waals surface area contributed by atoms with Gasteiger partial charge in [-0.25, -0.2) is 0 Å². The highest BCUT2D eigenvalue weighted by Crippen LogP contribution is 2.19. The van der Waals surface area contributed by atoms with Crippen LogP contribution in [-0.4, -0.2) is 21.5 Å². The third-order valence-electron chi connectivity index (χ3n) is 3.78. The number of carbonyl (C=O) groups excluding carboxylic acids is 2. The molecule has 3 rings (SSSR count). The molecule has 0 saturated carbocycles. The normalized spacial score (nSPS) is 10.5. The van der Waals surface area contributed by atoms with E-state index in [1.54, 1.807) is 73.4 Å². The molecule has 0 atom stereocenters. The van der Waals surface area contributed by atoms with Crippen LogP contribution >= 0.6 is 11.6 Å². The van der Waals surface area contributed by atoms with E-state index in [-0.39, 0.29) is 11.7 Å². The van der Waals surface area contributed by atoms with E-state index >= 15 is 0 Å². The fourth-order valence-electron chi connectivity index (χ4n) is 2.55.